The lowest BCUT2D eigenvalue weighted by Crippen LogP contribution is -1.94. The van der Waals surface area contributed by atoms with Crippen molar-refractivity contribution >= 4 is 18.9 Å². The van der Waals surface area contributed by atoms with Gasteiger partial charge in [-0.2, -0.15) is 12.6 Å². The summed E-state index contributed by atoms with van der Waals surface area (Å²) in [6.45, 7) is 1.99. The molecule has 0 unspecified atom stereocenters. The highest BCUT2D eigenvalue weighted by molar-refractivity contribution is 7.80. The molecular formula is C12H18O3S. The quantitative estimate of drug-likeness (QED) is 0.650. The first-order valence-electron chi connectivity index (χ1n) is 4.98. The van der Waals surface area contributed by atoms with Crippen molar-refractivity contribution in [3.8, 4) is 11.5 Å². The fraction of sp³-hybridized carbons (Fsp3) is 0.417. The van der Waals surface area contributed by atoms with E-state index in [2.05, 4.69) is 12.6 Å². The van der Waals surface area contributed by atoms with Crippen molar-refractivity contribution in [1.82, 2.24) is 0 Å². The number of thiol groups is 1. The van der Waals surface area contributed by atoms with Crippen LogP contribution in [0.1, 0.15) is 12.5 Å². The van der Waals surface area contributed by atoms with Gasteiger partial charge in [0.2, 0.25) is 0 Å². The third-order valence-electron chi connectivity index (χ3n) is 1.80. The molecule has 0 aromatic heterocycles. The fourth-order valence-electron chi connectivity index (χ4n) is 1.11. The summed E-state index contributed by atoms with van der Waals surface area (Å²) < 4.78 is 10.1. The van der Waals surface area contributed by atoms with E-state index in [-0.39, 0.29) is 0 Å². The molecule has 0 fully saturated rings. The molecule has 0 saturated carbocycles. The second-order valence-electron chi connectivity index (χ2n) is 2.86. The maximum Gasteiger partial charge on any atom is 0.126 e. The summed E-state index contributed by atoms with van der Waals surface area (Å²) in [5.74, 6) is 2.36. The highest BCUT2D eigenvalue weighted by Crippen LogP contribution is 2.24. The van der Waals surface area contributed by atoms with Crippen molar-refractivity contribution in [3.05, 3.63) is 23.8 Å². The van der Waals surface area contributed by atoms with Gasteiger partial charge in [0.1, 0.15) is 17.8 Å². The molecule has 0 amide bonds. The van der Waals surface area contributed by atoms with E-state index in [0.29, 0.717) is 12.2 Å². The van der Waals surface area contributed by atoms with Gasteiger partial charge in [-0.05, 0) is 11.8 Å². The number of ether oxygens (including phenoxy) is 2. The molecule has 0 aliphatic carbocycles. The van der Waals surface area contributed by atoms with Gasteiger partial charge >= 0.3 is 0 Å². The van der Waals surface area contributed by atoms with Crippen LogP contribution < -0.4 is 9.47 Å². The normalized spacial score (nSPS) is 8.75. The van der Waals surface area contributed by atoms with Crippen molar-refractivity contribution in [1.29, 1.82) is 0 Å². The Kier molecular flexibility index (Phi) is 8.43. The molecular weight excluding hydrogens is 224 g/mol. The first kappa shape index (κ1) is 14.8. The van der Waals surface area contributed by atoms with E-state index < -0.39 is 0 Å². The molecule has 0 aliphatic heterocycles. The minimum absolute atomic E-state index is 0.368. The number of hydrogen-bond acceptors (Lipinski definition) is 4. The third kappa shape index (κ3) is 5.07. The van der Waals surface area contributed by atoms with Crippen molar-refractivity contribution in [2.45, 2.75) is 13.3 Å². The molecule has 0 aliphatic rings. The summed E-state index contributed by atoms with van der Waals surface area (Å²) in [5.41, 5.74) is 0.873. The second kappa shape index (κ2) is 9.09. The average molecular weight is 242 g/mol. The van der Waals surface area contributed by atoms with Crippen LogP contribution in [0.4, 0.5) is 0 Å². The Morgan fingerprint density at radius 2 is 1.94 bits per heavy atom. The van der Waals surface area contributed by atoms with E-state index in [9.17, 15) is 4.79 Å². The Hall–Kier alpha value is -1.16. The number of hydrogen-bond donors (Lipinski definition) is 1. The van der Waals surface area contributed by atoms with Crippen molar-refractivity contribution in [3.63, 3.8) is 0 Å². The van der Waals surface area contributed by atoms with Crippen molar-refractivity contribution in [2.75, 3.05) is 20.0 Å². The predicted octanol–water partition coefficient (Wildman–Crippen LogP) is 2.38. The summed E-state index contributed by atoms with van der Waals surface area (Å²) >= 11 is 3.79. The maximum atomic E-state index is 10.3. The van der Waals surface area contributed by atoms with E-state index in [4.69, 9.17) is 9.47 Å². The Balaban J connectivity index is 0.000000673. The van der Waals surface area contributed by atoms with Gasteiger partial charge in [0, 0.05) is 18.1 Å². The number of carbonyl (C=O) groups excluding carboxylic acids is 1. The van der Waals surface area contributed by atoms with Crippen LogP contribution in [0.15, 0.2) is 18.2 Å². The van der Waals surface area contributed by atoms with Gasteiger partial charge in [0.05, 0.1) is 14.2 Å². The number of aldehydes is 1. The highest BCUT2D eigenvalue weighted by atomic mass is 32.1. The summed E-state index contributed by atoms with van der Waals surface area (Å²) in [7, 11) is 3.16. The molecule has 4 heteroatoms. The lowest BCUT2D eigenvalue weighted by molar-refractivity contribution is -0.107. The molecule has 16 heavy (non-hydrogen) atoms. The van der Waals surface area contributed by atoms with Crippen LogP contribution in [0.3, 0.4) is 0 Å². The first-order chi connectivity index (χ1) is 7.73. The Morgan fingerprint density at radius 3 is 2.38 bits per heavy atom. The van der Waals surface area contributed by atoms with Crippen LogP contribution in [0.2, 0.25) is 0 Å². The van der Waals surface area contributed by atoms with Gasteiger partial charge in [0.25, 0.3) is 0 Å². The predicted molar refractivity (Wildman–Crippen MR) is 68.8 cm³/mol. The van der Waals surface area contributed by atoms with E-state index in [1.54, 1.807) is 26.4 Å². The molecule has 0 bridgehead atoms. The Labute approximate surface area is 102 Å². The topological polar surface area (TPSA) is 35.5 Å². The zero-order chi connectivity index (χ0) is 12.4. The van der Waals surface area contributed by atoms with Crippen LogP contribution >= 0.6 is 12.6 Å². The van der Waals surface area contributed by atoms with Gasteiger partial charge < -0.3 is 14.3 Å². The lowest BCUT2D eigenvalue weighted by atomic mass is 10.1. The Bertz CT molecular complexity index is 313. The van der Waals surface area contributed by atoms with Gasteiger partial charge in [-0.3, -0.25) is 0 Å². The largest absolute Gasteiger partial charge is 0.497 e. The average Bonchev–Trinajstić information content (AvgIpc) is 2.31. The van der Waals surface area contributed by atoms with Gasteiger partial charge in [-0.1, -0.05) is 13.0 Å². The summed E-state index contributed by atoms with van der Waals surface area (Å²) in [5, 5.41) is 0. The number of methoxy groups -OCH3 is 2. The molecule has 0 spiro atoms. The van der Waals surface area contributed by atoms with Crippen molar-refractivity contribution in [2.24, 2.45) is 0 Å². The molecule has 0 N–H and O–H groups in total. The van der Waals surface area contributed by atoms with E-state index in [0.717, 1.165) is 23.4 Å². The number of rotatable bonds is 4. The molecule has 90 valence electrons. The van der Waals surface area contributed by atoms with Gasteiger partial charge in [-0.25, -0.2) is 0 Å². The summed E-state index contributed by atoms with van der Waals surface area (Å²) in [4.78, 5) is 10.3. The molecule has 0 heterocycles. The molecule has 3 nitrogen and oxygen atoms in total. The Morgan fingerprint density at radius 1 is 1.31 bits per heavy atom. The molecule has 1 aromatic carbocycles. The van der Waals surface area contributed by atoms with E-state index in [1.807, 2.05) is 13.0 Å². The van der Waals surface area contributed by atoms with Crippen LogP contribution in [0.25, 0.3) is 0 Å². The van der Waals surface area contributed by atoms with E-state index >= 15 is 0 Å². The monoisotopic (exact) mass is 242 g/mol. The zero-order valence-corrected chi connectivity index (χ0v) is 10.8. The highest BCUT2D eigenvalue weighted by Gasteiger charge is 2.03. The first-order valence-corrected chi connectivity index (χ1v) is 5.62. The number of benzene rings is 1. The van der Waals surface area contributed by atoms with Crippen molar-refractivity contribution < 1.29 is 14.3 Å². The molecule has 0 radical (unpaired) electrons. The molecule has 0 saturated heterocycles. The second-order valence-corrected chi connectivity index (χ2v) is 3.50. The van der Waals surface area contributed by atoms with Gasteiger partial charge in [0.15, 0.2) is 0 Å². The van der Waals surface area contributed by atoms with Crippen LogP contribution in [0.5, 0.6) is 11.5 Å². The minimum Gasteiger partial charge on any atom is -0.497 e. The van der Waals surface area contributed by atoms with Crippen LogP contribution in [-0.2, 0) is 11.2 Å². The maximum absolute atomic E-state index is 10.3. The summed E-state index contributed by atoms with van der Waals surface area (Å²) in [6.07, 6.45) is 1.22. The van der Waals surface area contributed by atoms with Gasteiger partial charge in [-0.15, -0.1) is 0 Å². The molecule has 1 rings (SSSR count). The smallest absolute Gasteiger partial charge is 0.126 e. The molecule has 1 aromatic rings. The summed E-state index contributed by atoms with van der Waals surface area (Å²) in [6, 6.07) is 5.40. The van der Waals surface area contributed by atoms with Crippen LogP contribution in [-0.4, -0.2) is 26.3 Å². The lowest BCUT2D eigenvalue weighted by Gasteiger charge is -2.07. The standard InChI is InChI=1S/C10H12O3.C2H6S/c1-12-9-4-3-8(5-6-11)10(7-9)13-2;1-2-3/h3-4,6-7H,5H2,1-2H3;3H,2H2,1H3. The minimum atomic E-state index is 0.368. The third-order valence-corrected chi connectivity index (χ3v) is 1.80. The SMILES string of the molecule is CCS.COc1ccc(CC=O)c(OC)c1. The number of carbonyl (C=O) groups is 1. The zero-order valence-electron chi connectivity index (χ0n) is 9.90. The van der Waals surface area contributed by atoms with E-state index in [1.165, 1.54) is 0 Å². The fourth-order valence-corrected chi connectivity index (χ4v) is 1.11. The molecule has 0 atom stereocenters. The van der Waals surface area contributed by atoms with Crippen LogP contribution in [0, 0.1) is 0 Å².